The number of alkyl halides is 2. The van der Waals surface area contributed by atoms with Gasteiger partial charge in [0, 0.05) is 5.92 Å². The Kier molecular flexibility index (Phi) is 4.84. The lowest BCUT2D eigenvalue weighted by Crippen LogP contribution is -2.22. The molecule has 3 aromatic rings. The molecule has 4 rings (SSSR count). The number of nitrogens with zero attached hydrogens (tertiary/aromatic N) is 5. The Bertz CT molecular complexity index is 978. The maximum absolute atomic E-state index is 13.2. The molecule has 0 atom stereocenters. The minimum Gasteiger partial charge on any atom is -0.292 e. The Morgan fingerprint density at radius 3 is 2.64 bits per heavy atom. The lowest BCUT2D eigenvalue weighted by Gasteiger charge is -2.06. The maximum atomic E-state index is 13.2. The predicted octanol–water partition coefficient (Wildman–Crippen LogP) is 3.12. The van der Waals surface area contributed by atoms with Crippen molar-refractivity contribution in [2.45, 2.75) is 38.3 Å². The molecule has 146 valence electrons. The number of amides is 1. The third-order valence-electron chi connectivity index (χ3n) is 4.39. The molecule has 28 heavy (non-hydrogen) atoms. The monoisotopic (exact) mass is 390 g/mol. The minimum atomic E-state index is -2.71. The number of nitrogens with one attached hydrogen (secondary N) is 1. The zero-order valence-corrected chi connectivity index (χ0v) is 14.7. The average molecular weight is 390 g/mol. The first-order valence-corrected chi connectivity index (χ1v) is 8.77. The van der Waals surface area contributed by atoms with E-state index in [1.54, 1.807) is 12.1 Å². The second kappa shape index (κ2) is 7.45. The van der Waals surface area contributed by atoms with Gasteiger partial charge < -0.3 is 0 Å². The molecule has 2 aromatic heterocycles. The van der Waals surface area contributed by atoms with Crippen LogP contribution in [-0.2, 0) is 17.9 Å². The lowest BCUT2D eigenvalue weighted by molar-refractivity contribution is -0.117. The molecule has 1 amide bonds. The van der Waals surface area contributed by atoms with Crippen molar-refractivity contribution < 1.29 is 18.0 Å². The Balaban J connectivity index is 1.39. The van der Waals surface area contributed by atoms with Crippen molar-refractivity contribution in [3.8, 4) is 0 Å². The normalized spacial score (nSPS) is 13.9. The number of hydrogen-bond acceptors (Lipinski definition) is 4. The van der Waals surface area contributed by atoms with Crippen molar-refractivity contribution in [1.82, 2.24) is 24.5 Å². The van der Waals surface area contributed by atoms with E-state index < -0.39 is 12.3 Å². The molecule has 0 saturated heterocycles. The van der Waals surface area contributed by atoms with E-state index in [9.17, 15) is 18.0 Å². The largest absolute Gasteiger partial charge is 0.292 e. The molecule has 0 aliphatic heterocycles. The van der Waals surface area contributed by atoms with Gasteiger partial charge >= 0.3 is 0 Å². The van der Waals surface area contributed by atoms with Crippen LogP contribution in [0.5, 0.6) is 0 Å². The predicted molar refractivity (Wildman–Crippen MR) is 93.3 cm³/mol. The molecule has 1 aliphatic carbocycles. The van der Waals surface area contributed by atoms with Gasteiger partial charge in [0.05, 0.1) is 12.2 Å². The van der Waals surface area contributed by atoms with Crippen molar-refractivity contribution in [1.29, 1.82) is 0 Å². The van der Waals surface area contributed by atoms with Crippen molar-refractivity contribution in [2.75, 3.05) is 5.32 Å². The topological polar surface area (TPSA) is 77.6 Å². The van der Waals surface area contributed by atoms with Crippen LogP contribution in [0.15, 0.2) is 36.7 Å². The highest BCUT2D eigenvalue weighted by atomic mass is 19.3. The zero-order valence-electron chi connectivity index (χ0n) is 14.7. The zero-order chi connectivity index (χ0) is 19.7. The average Bonchev–Trinajstić information content (AvgIpc) is 3.28. The maximum Gasteiger partial charge on any atom is 0.280 e. The van der Waals surface area contributed by atoms with Gasteiger partial charge in [-0.05, 0) is 36.6 Å². The highest BCUT2D eigenvalue weighted by Crippen LogP contribution is 2.40. The van der Waals surface area contributed by atoms with Crippen LogP contribution in [0.4, 0.5) is 19.1 Å². The summed E-state index contributed by atoms with van der Waals surface area (Å²) in [5.74, 6) is -0.611. The fraction of sp³-hybridized carbons (Fsp3) is 0.333. The quantitative estimate of drug-likeness (QED) is 0.673. The summed E-state index contributed by atoms with van der Waals surface area (Å²) >= 11 is 0. The summed E-state index contributed by atoms with van der Waals surface area (Å²) in [6.45, 7) is 0.00147. The first-order valence-electron chi connectivity index (χ1n) is 8.77. The molecular formula is C18H17F3N6O. The summed E-state index contributed by atoms with van der Waals surface area (Å²) in [5, 5.41) is 10.7. The molecule has 0 spiro atoms. The van der Waals surface area contributed by atoms with Crippen LogP contribution in [0.3, 0.4) is 0 Å². The Hall–Kier alpha value is -3.17. The van der Waals surface area contributed by atoms with Gasteiger partial charge in [-0.2, -0.15) is 5.10 Å². The molecule has 2 heterocycles. The van der Waals surface area contributed by atoms with E-state index in [1.165, 1.54) is 29.2 Å². The van der Waals surface area contributed by atoms with E-state index in [4.69, 9.17) is 0 Å². The summed E-state index contributed by atoms with van der Waals surface area (Å²) in [6.07, 6.45) is 0.575. The number of carbonyl (C=O) groups is 1. The molecule has 0 radical (unpaired) electrons. The van der Waals surface area contributed by atoms with Crippen molar-refractivity contribution in [3.05, 3.63) is 59.4 Å². The van der Waals surface area contributed by atoms with Gasteiger partial charge in [0.2, 0.25) is 11.9 Å². The number of anilines is 1. The van der Waals surface area contributed by atoms with E-state index in [1.807, 2.05) is 0 Å². The smallest absolute Gasteiger partial charge is 0.280 e. The summed E-state index contributed by atoms with van der Waals surface area (Å²) in [6, 6.07) is 7.29. The third-order valence-corrected chi connectivity index (χ3v) is 4.39. The van der Waals surface area contributed by atoms with Crippen LogP contribution in [0.25, 0.3) is 0 Å². The summed E-state index contributed by atoms with van der Waals surface area (Å²) in [4.78, 5) is 16.2. The molecular weight excluding hydrogens is 373 g/mol. The SMILES string of the molecule is O=C(Cn1nc(C2CC2)cc1C(F)F)Nc1ncn(Cc2ccc(F)cc2)n1. The Labute approximate surface area is 158 Å². The first kappa shape index (κ1) is 18.2. The van der Waals surface area contributed by atoms with Crippen molar-refractivity contribution in [3.63, 3.8) is 0 Å². The first-order chi connectivity index (χ1) is 13.5. The van der Waals surface area contributed by atoms with Crippen molar-refractivity contribution in [2.24, 2.45) is 0 Å². The highest BCUT2D eigenvalue weighted by Gasteiger charge is 2.29. The summed E-state index contributed by atoms with van der Waals surface area (Å²) in [5.41, 5.74) is 1.14. The van der Waals surface area contributed by atoms with Crippen LogP contribution in [0, 0.1) is 5.82 Å². The van der Waals surface area contributed by atoms with E-state index in [2.05, 4.69) is 20.5 Å². The van der Waals surface area contributed by atoms with Gasteiger partial charge in [-0.1, -0.05) is 12.1 Å². The van der Waals surface area contributed by atoms with E-state index in [0.29, 0.717) is 12.2 Å². The van der Waals surface area contributed by atoms with Gasteiger partial charge in [0.25, 0.3) is 6.43 Å². The van der Waals surface area contributed by atoms with Crippen LogP contribution in [-0.4, -0.2) is 30.5 Å². The standard InChI is InChI=1S/C18H17F3N6O/c19-13-5-1-11(2-6-13)8-26-10-22-18(25-26)23-16(28)9-27-15(17(20)21)7-14(24-27)12-3-4-12/h1-2,5-7,10,12,17H,3-4,8-9H2,(H,23,25,28). The molecule has 1 fully saturated rings. The van der Waals surface area contributed by atoms with Crippen LogP contribution >= 0.6 is 0 Å². The number of rotatable bonds is 7. The molecule has 0 bridgehead atoms. The number of halogens is 3. The second-order valence-corrected chi connectivity index (χ2v) is 6.67. The number of aromatic nitrogens is 5. The fourth-order valence-corrected chi connectivity index (χ4v) is 2.84. The lowest BCUT2D eigenvalue weighted by atomic mass is 10.2. The molecule has 1 aliphatic rings. The molecule has 0 unspecified atom stereocenters. The van der Waals surface area contributed by atoms with Gasteiger partial charge in [0.15, 0.2) is 0 Å². The molecule has 10 heteroatoms. The van der Waals surface area contributed by atoms with E-state index in [0.717, 1.165) is 23.1 Å². The van der Waals surface area contributed by atoms with Crippen LogP contribution < -0.4 is 5.32 Å². The summed E-state index contributed by atoms with van der Waals surface area (Å²) in [7, 11) is 0. The Morgan fingerprint density at radius 1 is 1.21 bits per heavy atom. The van der Waals surface area contributed by atoms with Gasteiger partial charge in [0.1, 0.15) is 24.4 Å². The van der Waals surface area contributed by atoms with Crippen LogP contribution in [0.1, 0.15) is 42.1 Å². The summed E-state index contributed by atoms with van der Waals surface area (Å²) < 4.78 is 41.8. The van der Waals surface area contributed by atoms with E-state index in [-0.39, 0.29) is 29.9 Å². The molecule has 1 saturated carbocycles. The minimum absolute atomic E-state index is 0.0558. The fourth-order valence-electron chi connectivity index (χ4n) is 2.84. The second-order valence-electron chi connectivity index (χ2n) is 6.67. The third kappa shape index (κ3) is 4.21. The molecule has 1 N–H and O–H groups in total. The number of hydrogen-bond donors (Lipinski definition) is 1. The van der Waals surface area contributed by atoms with Gasteiger partial charge in [-0.25, -0.2) is 22.8 Å². The van der Waals surface area contributed by atoms with E-state index >= 15 is 0 Å². The van der Waals surface area contributed by atoms with Crippen molar-refractivity contribution >= 4 is 11.9 Å². The number of carbonyl (C=O) groups excluding carboxylic acids is 1. The molecule has 1 aromatic carbocycles. The molecule has 7 nitrogen and oxygen atoms in total. The van der Waals surface area contributed by atoms with Gasteiger partial charge in [-0.3, -0.25) is 14.8 Å². The number of benzene rings is 1. The van der Waals surface area contributed by atoms with Gasteiger partial charge in [-0.15, -0.1) is 5.10 Å². The van der Waals surface area contributed by atoms with Crippen LogP contribution in [0.2, 0.25) is 0 Å². The highest BCUT2D eigenvalue weighted by molar-refractivity contribution is 5.88. The Morgan fingerprint density at radius 2 is 1.96 bits per heavy atom.